The highest BCUT2D eigenvalue weighted by Crippen LogP contribution is 2.50. The van der Waals surface area contributed by atoms with Gasteiger partial charge < -0.3 is 15.9 Å². The molecule has 3 fully saturated rings. The van der Waals surface area contributed by atoms with Crippen molar-refractivity contribution >= 4 is 29.0 Å². The summed E-state index contributed by atoms with van der Waals surface area (Å²) in [6.45, 7) is 0.940. The zero-order valence-electron chi connectivity index (χ0n) is 18.2. The van der Waals surface area contributed by atoms with Crippen molar-refractivity contribution in [1.29, 1.82) is 0 Å². The number of Topliss-reactive ketones (excluding diaryl/α,β-unsaturated/α-hetero) is 4. The van der Waals surface area contributed by atoms with Gasteiger partial charge in [0, 0.05) is 18.4 Å². The number of benzene rings is 1. The van der Waals surface area contributed by atoms with Crippen LogP contribution >= 0.6 is 0 Å². The Morgan fingerprint density at radius 1 is 1.15 bits per heavy atom. The molecule has 1 heterocycles. The first-order chi connectivity index (χ1) is 15.6. The molecule has 9 nitrogen and oxygen atoms in total. The van der Waals surface area contributed by atoms with Crippen LogP contribution in [0.4, 0.5) is 0 Å². The Balaban J connectivity index is 1.54. The highest BCUT2D eigenvalue weighted by Gasteiger charge is 2.66. The van der Waals surface area contributed by atoms with Gasteiger partial charge in [0.05, 0.1) is 11.5 Å². The van der Waals surface area contributed by atoms with Gasteiger partial charge >= 0.3 is 0 Å². The average molecular weight is 454 g/mol. The van der Waals surface area contributed by atoms with Crippen molar-refractivity contribution in [3.8, 4) is 5.75 Å². The number of hydrogen-bond donors (Lipinski definition) is 3. The van der Waals surface area contributed by atoms with Crippen LogP contribution in [0.2, 0.25) is 0 Å². The minimum absolute atomic E-state index is 0.0434. The molecule has 1 saturated heterocycles. The highest BCUT2D eigenvalue weighted by molar-refractivity contribution is 6.31. The molecular formula is C24H26N2O7. The smallest absolute Gasteiger partial charge is 0.235 e. The number of nitrogens with two attached hydrogens (primary N) is 1. The molecule has 174 valence electrons. The molecule has 4 N–H and O–H groups in total. The van der Waals surface area contributed by atoms with Crippen molar-refractivity contribution in [3.05, 3.63) is 28.8 Å². The van der Waals surface area contributed by atoms with Gasteiger partial charge in [-0.25, -0.2) is 0 Å². The van der Waals surface area contributed by atoms with Gasteiger partial charge in [-0.05, 0) is 62.4 Å². The number of primary amides is 1. The zero-order valence-corrected chi connectivity index (χ0v) is 18.2. The number of nitrogens with zero attached hydrogens (tertiary/aromatic N) is 1. The molecule has 6 unspecified atom stereocenters. The number of phenols is 1. The van der Waals surface area contributed by atoms with Crippen molar-refractivity contribution in [2.45, 2.75) is 43.7 Å². The number of hydrogen-bond acceptors (Lipinski definition) is 8. The molecule has 1 aliphatic heterocycles. The van der Waals surface area contributed by atoms with Crippen LogP contribution in [0.25, 0.3) is 0 Å². The fourth-order valence-corrected chi connectivity index (χ4v) is 6.54. The maximum atomic E-state index is 13.4. The van der Waals surface area contributed by atoms with Crippen LogP contribution in [-0.4, -0.2) is 63.3 Å². The number of aromatic hydroxyl groups is 1. The van der Waals surface area contributed by atoms with Crippen molar-refractivity contribution in [2.75, 3.05) is 13.6 Å². The summed E-state index contributed by atoms with van der Waals surface area (Å²) in [6, 6.07) is 3.59. The first-order valence-corrected chi connectivity index (χ1v) is 11.3. The number of carbonyl (C=O) groups is 5. The molecule has 3 aliphatic carbocycles. The number of phenolic OH excluding ortho intramolecular Hbond substituents is 1. The predicted molar refractivity (Wildman–Crippen MR) is 113 cm³/mol. The lowest BCUT2D eigenvalue weighted by Gasteiger charge is -2.48. The summed E-state index contributed by atoms with van der Waals surface area (Å²) in [5.41, 5.74) is 4.17. The van der Waals surface area contributed by atoms with E-state index >= 15 is 0 Å². The third-order valence-electron chi connectivity index (χ3n) is 8.14. The van der Waals surface area contributed by atoms with Gasteiger partial charge in [-0.15, -0.1) is 0 Å². The lowest BCUT2D eigenvalue weighted by atomic mass is 9.54. The molecule has 0 spiro atoms. The summed E-state index contributed by atoms with van der Waals surface area (Å²) in [6.07, 6.45) is 2.06. The molecule has 6 atom stereocenters. The first kappa shape index (κ1) is 21.9. The van der Waals surface area contributed by atoms with Crippen LogP contribution in [0.3, 0.4) is 0 Å². The molecule has 1 aromatic rings. The number of aliphatic hydroxyl groups is 1. The van der Waals surface area contributed by atoms with Gasteiger partial charge in [-0.1, -0.05) is 6.07 Å². The second kappa shape index (κ2) is 7.30. The Bertz CT molecular complexity index is 1130. The van der Waals surface area contributed by atoms with Crippen LogP contribution in [0.15, 0.2) is 12.1 Å². The van der Waals surface area contributed by atoms with Crippen molar-refractivity contribution in [3.63, 3.8) is 0 Å². The molecule has 0 aromatic heterocycles. The fourth-order valence-electron chi connectivity index (χ4n) is 6.54. The van der Waals surface area contributed by atoms with E-state index < -0.39 is 58.3 Å². The Morgan fingerprint density at radius 3 is 2.52 bits per heavy atom. The third kappa shape index (κ3) is 2.95. The Labute approximate surface area is 189 Å². The Morgan fingerprint density at radius 2 is 1.88 bits per heavy atom. The van der Waals surface area contributed by atoms with Gasteiger partial charge in [0.25, 0.3) is 0 Å². The molecule has 5 rings (SSSR count). The molecule has 1 amide bonds. The van der Waals surface area contributed by atoms with E-state index in [9.17, 15) is 34.2 Å². The van der Waals surface area contributed by atoms with Crippen LogP contribution in [0.1, 0.15) is 53.2 Å². The number of amides is 1. The average Bonchev–Trinajstić information content (AvgIpc) is 3.16. The summed E-state index contributed by atoms with van der Waals surface area (Å²) in [4.78, 5) is 66.0. The minimum atomic E-state index is -2.61. The second-order valence-electron chi connectivity index (χ2n) is 9.95. The largest absolute Gasteiger partial charge is 0.507 e. The van der Waals surface area contributed by atoms with E-state index in [1.165, 1.54) is 0 Å². The van der Waals surface area contributed by atoms with E-state index in [2.05, 4.69) is 4.90 Å². The predicted octanol–water partition coefficient (Wildman–Crippen LogP) is 0.0936. The summed E-state index contributed by atoms with van der Waals surface area (Å²) in [5, 5.41) is 21.9. The first-order valence-electron chi connectivity index (χ1n) is 11.3. The monoisotopic (exact) mass is 454 g/mol. The van der Waals surface area contributed by atoms with Crippen LogP contribution < -0.4 is 5.73 Å². The standard InChI is InChI=1S/C24H26N2O7/c1-26-4-2-3-14(26)10-5-11-6-12-7-13-9-16(28)19(23(25)32)22(31)24(13,33)21(30)18(12)20(29)17(11)15(27)8-10/h5,8,12-14,18-19,27,33H,2-4,6-7,9H2,1H3,(H2,25,32). The molecule has 33 heavy (non-hydrogen) atoms. The summed E-state index contributed by atoms with van der Waals surface area (Å²) in [7, 11) is 2.01. The maximum Gasteiger partial charge on any atom is 0.235 e. The summed E-state index contributed by atoms with van der Waals surface area (Å²) in [5.74, 6) is -9.74. The Hall–Kier alpha value is -2.91. The summed E-state index contributed by atoms with van der Waals surface area (Å²) < 4.78 is 0. The number of carbonyl (C=O) groups excluding carboxylic acids is 5. The fraction of sp³-hybridized carbons (Fsp3) is 0.542. The van der Waals surface area contributed by atoms with Gasteiger partial charge in [0.15, 0.2) is 34.7 Å². The molecule has 0 bridgehead atoms. The number of rotatable bonds is 2. The normalized spacial score (nSPS) is 36.4. The number of fused-ring (bicyclic) bond motifs is 3. The summed E-state index contributed by atoms with van der Waals surface area (Å²) >= 11 is 0. The van der Waals surface area contributed by atoms with E-state index in [0.29, 0.717) is 12.0 Å². The molecule has 2 saturated carbocycles. The van der Waals surface area contributed by atoms with Crippen LogP contribution in [0.5, 0.6) is 5.75 Å². The van der Waals surface area contributed by atoms with Crippen LogP contribution in [0, 0.1) is 23.7 Å². The van der Waals surface area contributed by atoms with E-state index in [1.807, 2.05) is 13.1 Å². The second-order valence-corrected chi connectivity index (χ2v) is 9.95. The lowest BCUT2D eigenvalue weighted by Crippen LogP contribution is -2.68. The molecular weight excluding hydrogens is 428 g/mol. The van der Waals surface area contributed by atoms with Crippen molar-refractivity contribution < 1.29 is 34.2 Å². The van der Waals surface area contributed by atoms with Gasteiger partial charge in [-0.2, -0.15) is 0 Å². The van der Waals surface area contributed by atoms with Crippen LogP contribution in [-0.2, 0) is 25.6 Å². The van der Waals surface area contributed by atoms with E-state index in [1.54, 1.807) is 6.07 Å². The number of ketones is 4. The number of likely N-dealkylation sites (tertiary alicyclic amines) is 1. The van der Waals surface area contributed by atoms with Gasteiger partial charge in [-0.3, -0.25) is 28.9 Å². The van der Waals surface area contributed by atoms with E-state index in [4.69, 9.17) is 5.73 Å². The van der Waals surface area contributed by atoms with E-state index in [0.717, 1.165) is 24.9 Å². The maximum absolute atomic E-state index is 13.4. The molecule has 0 radical (unpaired) electrons. The SMILES string of the molecule is CN1CCCC1c1cc(O)c2c(c1)CC1CC3CC(=O)C(C(N)=O)C(=O)C3(O)C(=O)C1C2=O. The minimum Gasteiger partial charge on any atom is -0.507 e. The topological polar surface area (TPSA) is 155 Å². The molecule has 1 aromatic carbocycles. The van der Waals surface area contributed by atoms with Gasteiger partial charge in [0.2, 0.25) is 5.91 Å². The lowest BCUT2D eigenvalue weighted by molar-refractivity contribution is -0.175. The van der Waals surface area contributed by atoms with Crippen molar-refractivity contribution in [2.24, 2.45) is 29.4 Å². The zero-order chi connectivity index (χ0) is 23.8. The molecule has 9 heteroatoms. The van der Waals surface area contributed by atoms with Crippen molar-refractivity contribution in [1.82, 2.24) is 4.90 Å². The highest BCUT2D eigenvalue weighted by atomic mass is 16.3. The van der Waals surface area contributed by atoms with Gasteiger partial charge in [0.1, 0.15) is 5.75 Å². The third-order valence-corrected chi connectivity index (χ3v) is 8.14. The van der Waals surface area contributed by atoms with E-state index in [-0.39, 0.29) is 30.2 Å². The molecule has 4 aliphatic rings. The quantitative estimate of drug-likeness (QED) is 0.531. The Kier molecular flexibility index (Phi) is 4.84.